The van der Waals surface area contributed by atoms with Crippen LogP contribution in [0.1, 0.15) is 43.5 Å². The highest BCUT2D eigenvalue weighted by atomic mass is 19.1. The zero-order chi connectivity index (χ0) is 25.7. The summed E-state index contributed by atoms with van der Waals surface area (Å²) < 4.78 is 19.6. The fourth-order valence-electron chi connectivity index (χ4n) is 6.20. The Morgan fingerprint density at radius 1 is 1.19 bits per heavy atom. The number of methoxy groups -OCH3 is 1. The maximum Gasteiger partial charge on any atom is 0.219 e. The zero-order valence-electron chi connectivity index (χ0n) is 21.7. The van der Waals surface area contributed by atoms with Crippen molar-refractivity contribution in [3.05, 3.63) is 65.1 Å². The van der Waals surface area contributed by atoms with Gasteiger partial charge in [-0.05, 0) is 55.9 Å². The molecular weight excluding hydrogens is 467 g/mol. The minimum Gasteiger partial charge on any atom is -0.494 e. The van der Waals surface area contributed by atoms with Gasteiger partial charge in [0.2, 0.25) is 5.91 Å². The highest BCUT2D eigenvalue weighted by molar-refractivity contribution is 6.11. The van der Waals surface area contributed by atoms with E-state index in [1.807, 2.05) is 17.0 Å². The number of likely N-dealkylation sites (tertiary alicyclic amines) is 1. The van der Waals surface area contributed by atoms with Crippen molar-refractivity contribution in [3.63, 3.8) is 0 Å². The predicted molar refractivity (Wildman–Crippen MR) is 145 cm³/mol. The van der Waals surface area contributed by atoms with Gasteiger partial charge in [-0.2, -0.15) is 0 Å². The van der Waals surface area contributed by atoms with Gasteiger partial charge in [0.1, 0.15) is 5.82 Å². The van der Waals surface area contributed by atoms with Crippen LogP contribution >= 0.6 is 0 Å². The minimum absolute atomic E-state index is 0.168. The van der Waals surface area contributed by atoms with E-state index in [9.17, 15) is 9.18 Å². The van der Waals surface area contributed by atoms with E-state index in [1.165, 1.54) is 23.4 Å². The summed E-state index contributed by atoms with van der Waals surface area (Å²) in [6.45, 7) is 6.55. The number of para-hydroxylation sites is 1. The molecule has 2 aromatic heterocycles. The number of halogens is 1. The third-order valence-electron chi connectivity index (χ3n) is 8.21. The molecule has 2 aromatic carbocycles. The Hall–Kier alpha value is -3.61. The van der Waals surface area contributed by atoms with Crippen LogP contribution in [0.3, 0.4) is 0 Å². The van der Waals surface area contributed by atoms with Crippen LogP contribution in [0, 0.1) is 11.7 Å². The van der Waals surface area contributed by atoms with Crippen LogP contribution in [0.4, 0.5) is 10.2 Å². The first kappa shape index (κ1) is 23.8. The van der Waals surface area contributed by atoms with Crippen LogP contribution in [-0.4, -0.2) is 53.6 Å². The lowest BCUT2D eigenvalue weighted by molar-refractivity contribution is -0.130. The third kappa shape index (κ3) is 4.20. The average Bonchev–Trinajstić information content (AvgIpc) is 3.42. The van der Waals surface area contributed by atoms with Crippen molar-refractivity contribution in [1.29, 1.82) is 0 Å². The zero-order valence-corrected chi connectivity index (χ0v) is 21.7. The van der Waals surface area contributed by atoms with Gasteiger partial charge >= 0.3 is 0 Å². The number of rotatable bonds is 5. The van der Waals surface area contributed by atoms with Crippen molar-refractivity contribution in [2.24, 2.45) is 5.92 Å². The van der Waals surface area contributed by atoms with E-state index in [1.54, 1.807) is 19.1 Å². The molecule has 4 aromatic rings. The van der Waals surface area contributed by atoms with Crippen molar-refractivity contribution >= 4 is 33.5 Å². The third-order valence-corrected chi connectivity index (χ3v) is 8.21. The monoisotopic (exact) mass is 500 g/mol. The summed E-state index contributed by atoms with van der Waals surface area (Å²) in [5.74, 6) is 1.64. The number of piperidine rings is 1. The van der Waals surface area contributed by atoms with Gasteiger partial charge in [0, 0.05) is 60.9 Å². The molecule has 192 valence electrons. The maximum absolute atomic E-state index is 14.5. The number of nitrogens with one attached hydrogen (secondary N) is 1. The summed E-state index contributed by atoms with van der Waals surface area (Å²) in [7, 11) is 1.48. The van der Waals surface area contributed by atoms with Gasteiger partial charge in [0.15, 0.2) is 11.6 Å². The molecule has 0 bridgehead atoms. The number of hydrogen-bond donors (Lipinski definition) is 1. The summed E-state index contributed by atoms with van der Waals surface area (Å²) in [6, 6.07) is 13.9. The Balaban J connectivity index is 1.41. The van der Waals surface area contributed by atoms with E-state index in [0.29, 0.717) is 18.4 Å². The second-order valence-corrected chi connectivity index (χ2v) is 10.6. The van der Waals surface area contributed by atoms with Crippen molar-refractivity contribution in [3.8, 4) is 5.75 Å². The number of amides is 1. The number of carbonyl (C=O) groups is 1. The molecular formula is C30H33FN4O2. The number of aromatic nitrogens is 2. The van der Waals surface area contributed by atoms with Gasteiger partial charge in [-0.3, -0.25) is 4.79 Å². The number of benzene rings is 2. The van der Waals surface area contributed by atoms with Crippen LogP contribution in [0.2, 0.25) is 0 Å². The minimum atomic E-state index is -0.360. The van der Waals surface area contributed by atoms with Crippen molar-refractivity contribution in [2.45, 2.75) is 45.6 Å². The highest BCUT2D eigenvalue weighted by Crippen LogP contribution is 2.41. The van der Waals surface area contributed by atoms with Crippen LogP contribution in [0.5, 0.6) is 5.75 Å². The fourth-order valence-corrected chi connectivity index (χ4v) is 6.20. The first-order chi connectivity index (χ1) is 17.9. The fraction of sp³-hybridized carbons (Fsp3) is 0.400. The number of fused-ring (bicyclic) bond motifs is 5. The largest absolute Gasteiger partial charge is 0.494 e. The number of nitrogens with zero attached hydrogens (tertiary/aromatic N) is 3. The summed E-state index contributed by atoms with van der Waals surface area (Å²) >= 11 is 0. The van der Waals surface area contributed by atoms with E-state index in [0.717, 1.165) is 67.0 Å². The molecule has 1 unspecified atom stereocenters. The molecule has 1 fully saturated rings. The normalized spacial score (nSPS) is 18.1. The molecule has 6 rings (SSSR count). The Morgan fingerprint density at radius 3 is 2.70 bits per heavy atom. The van der Waals surface area contributed by atoms with E-state index < -0.39 is 0 Å². The molecule has 0 radical (unpaired) electrons. The van der Waals surface area contributed by atoms with Crippen molar-refractivity contribution in [2.75, 3.05) is 31.6 Å². The number of carbonyl (C=O) groups excluding carboxylic acids is 1. The second-order valence-electron chi connectivity index (χ2n) is 10.6. The van der Waals surface area contributed by atoms with Crippen molar-refractivity contribution in [1.82, 2.24) is 14.9 Å². The second kappa shape index (κ2) is 9.36. The summed E-state index contributed by atoms with van der Waals surface area (Å²) in [5, 5.41) is 2.45. The Bertz CT molecular complexity index is 1490. The molecule has 37 heavy (non-hydrogen) atoms. The maximum atomic E-state index is 14.5. The molecule has 2 aliphatic rings. The first-order valence-corrected chi connectivity index (χ1v) is 13.2. The first-order valence-electron chi connectivity index (χ1n) is 13.2. The highest BCUT2D eigenvalue weighted by Gasteiger charge is 2.34. The molecule has 4 heterocycles. The number of aromatic amines is 1. The number of hydrogen-bond acceptors (Lipinski definition) is 4. The van der Waals surface area contributed by atoms with Crippen LogP contribution in [0.15, 0.2) is 42.5 Å². The summed E-state index contributed by atoms with van der Waals surface area (Å²) in [4.78, 5) is 25.1. The molecule has 1 atom stereocenters. The molecule has 0 aliphatic carbocycles. The molecule has 2 aliphatic heterocycles. The standard InChI is InChI=1S/C30H33FN4O2/c1-18-14-23-28-22-6-4-5-7-25(22)32-29(28)26(16-21-8-9-27(37-3)24(31)15-21)33-30(23)35(18)17-20-10-12-34(13-11-20)19(2)36/h4-9,15,18,20,32H,10-14,16-17H2,1-3H3. The molecule has 6 nitrogen and oxygen atoms in total. The van der Waals surface area contributed by atoms with E-state index in [2.05, 4.69) is 35.0 Å². The van der Waals surface area contributed by atoms with Gasteiger partial charge in [-0.25, -0.2) is 9.37 Å². The molecule has 0 spiro atoms. The molecule has 1 saturated heterocycles. The van der Waals surface area contributed by atoms with E-state index >= 15 is 0 Å². The predicted octanol–water partition coefficient (Wildman–Crippen LogP) is 5.46. The molecule has 0 saturated carbocycles. The number of ether oxygens (including phenoxy) is 1. The molecule has 1 amide bonds. The van der Waals surface area contributed by atoms with Gasteiger partial charge in [-0.15, -0.1) is 0 Å². The van der Waals surface area contributed by atoms with Gasteiger partial charge in [0.25, 0.3) is 0 Å². The number of pyridine rings is 1. The average molecular weight is 501 g/mol. The topological polar surface area (TPSA) is 61.5 Å². The lowest BCUT2D eigenvalue weighted by atomic mass is 9.96. The summed E-state index contributed by atoms with van der Waals surface area (Å²) in [6.07, 6.45) is 3.51. The Morgan fingerprint density at radius 2 is 1.97 bits per heavy atom. The lowest BCUT2D eigenvalue weighted by Gasteiger charge is -2.35. The van der Waals surface area contributed by atoms with E-state index in [-0.39, 0.29) is 17.5 Å². The Labute approximate surface area is 216 Å². The van der Waals surface area contributed by atoms with Gasteiger partial charge in [-0.1, -0.05) is 24.3 Å². The number of H-pyrrole nitrogens is 1. The van der Waals surface area contributed by atoms with Crippen molar-refractivity contribution < 1.29 is 13.9 Å². The quantitative estimate of drug-likeness (QED) is 0.395. The summed E-state index contributed by atoms with van der Waals surface area (Å²) in [5.41, 5.74) is 5.23. The van der Waals surface area contributed by atoms with E-state index in [4.69, 9.17) is 9.72 Å². The van der Waals surface area contributed by atoms with Crippen LogP contribution in [0.25, 0.3) is 21.8 Å². The molecule has 7 heteroatoms. The molecule has 1 N–H and O–H groups in total. The van der Waals surface area contributed by atoms with Gasteiger partial charge < -0.3 is 19.5 Å². The SMILES string of the molecule is COc1ccc(Cc2nc3c(c4c2[nH]c2ccccc24)CC(C)N3CC2CCN(C(C)=O)CC2)cc1F. The lowest BCUT2D eigenvalue weighted by Crippen LogP contribution is -2.42. The van der Waals surface area contributed by atoms with Crippen LogP contribution in [-0.2, 0) is 17.6 Å². The van der Waals surface area contributed by atoms with Gasteiger partial charge in [0.05, 0.1) is 18.3 Å². The van der Waals surface area contributed by atoms with Crippen LogP contribution < -0.4 is 9.64 Å². The smallest absolute Gasteiger partial charge is 0.219 e. The Kier molecular flexibility index (Phi) is 6.01. The number of anilines is 1.